The number of amides is 1. The van der Waals surface area contributed by atoms with Gasteiger partial charge in [0, 0.05) is 32.7 Å². The fourth-order valence-electron chi connectivity index (χ4n) is 3.56. The average molecular weight is 419 g/mol. The van der Waals surface area contributed by atoms with Gasteiger partial charge in [0.15, 0.2) is 5.69 Å². The van der Waals surface area contributed by atoms with E-state index in [2.05, 4.69) is 27.0 Å². The normalized spacial score (nSPS) is 16.5. The minimum atomic E-state index is -0.500. The SMILES string of the molecule is CCCCC(O)CN1CCN(Cc2nc(C(=O)Nc3cc(C)ccc3F)co2)CC1. The van der Waals surface area contributed by atoms with Crippen LogP contribution in [0.5, 0.6) is 0 Å². The highest BCUT2D eigenvalue weighted by Crippen LogP contribution is 2.17. The molecule has 2 aromatic rings. The third-order valence-corrected chi connectivity index (χ3v) is 5.34. The minimum absolute atomic E-state index is 0.127. The molecule has 8 heteroatoms. The molecule has 3 rings (SSSR count). The Labute approximate surface area is 176 Å². The van der Waals surface area contributed by atoms with Gasteiger partial charge in [0.25, 0.3) is 5.91 Å². The number of aliphatic hydroxyl groups is 1. The minimum Gasteiger partial charge on any atom is -0.447 e. The second kappa shape index (κ2) is 10.7. The summed E-state index contributed by atoms with van der Waals surface area (Å²) < 4.78 is 19.3. The summed E-state index contributed by atoms with van der Waals surface area (Å²) in [7, 11) is 0. The van der Waals surface area contributed by atoms with Crippen molar-refractivity contribution in [2.75, 3.05) is 38.0 Å². The van der Waals surface area contributed by atoms with E-state index in [1.54, 1.807) is 12.1 Å². The van der Waals surface area contributed by atoms with Gasteiger partial charge in [-0.1, -0.05) is 25.8 Å². The van der Waals surface area contributed by atoms with Crippen LogP contribution in [-0.4, -0.2) is 64.6 Å². The molecule has 30 heavy (non-hydrogen) atoms. The van der Waals surface area contributed by atoms with Crippen LogP contribution < -0.4 is 5.32 Å². The molecule has 0 bridgehead atoms. The molecule has 1 saturated heterocycles. The van der Waals surface area contributed by atoms with Crippen LogP contribution in [0.25, 0.3) is 0 Å². The number of β-amino-alcohol motifs (C(OH)–C–C–N with tert-alkyl or cyclic N) is 1. The summed E-state index contributed by atoms with van der Waals surface area (Å²) in [6, 6.07) is 4.54. The lowest BCUT2D eigenvalue weighted by Crippen LogP contribution is -2.48. The first-order chi connectivity index (χ1) is 14.4. The van der Waals surface area contributed by atoms with E-state index in [9.17, 15) is 14.3 Å². The van der Waals surface area contributed by atoms with E-state index in [-0.39, 0.29) is 17.5 Å². The number of halogens is 1. The maximum absolute atomic E-state index is 13.8. The number of benzene rings is 1. The Bertz CT molecular complexity index is 834. The number of anilines is 1. The third kappa shape index (κ3) is 6.35. The maximum atomic E-state index is 13.8. The van der Waals surface area contributed by atoms with Gasteiger partial charge in [-0.05, 0) is 31.0 Å². The van der Waals surface area contributed by atoms with Gasteiger partial charge in [0.05, 0.1) is 18.3 Å². The Morgan fingerprint density at radius 2 is 2.03 bits per heavy atom. The van der Waals surface area contributed by atoms with Crippen LogP contribution in [0.1, 0.15) is 48.1 Å². The number of rotatable bonds is 9. The smallest absolute Gasteiger partial charge is 0.277 e. The van der Waals surface area contributed by atoms with Crippen LogP contribution in [0.15, 0.2) is 28.9 Å². The number of aromatic nitrogens is 1. The van der Waals surface area contributed by atoms with Crippen LogP contribution >= 0.6 is 0 Å². The van der Waals surface area contributed by atoms with Gasteiger partial charge in [0.2, 0.25) is 5.89 Å². The standard InChI is InChI=1S/C22H31FN4O3/c1-3-4-5-17(28)13-26-8-10-27(11-9-26)14-21-24-20(15-30-21)22(29)25-19-12-16(2)6-7-18(19)23/h6-7,12,15,17,28H,3-5,8-11,13-14H2,1-2H3,(H,25,29). The zero-order valence-electron chi connectivity index (χ0n) is 17.7. The zero-order chi connectivity index (χ0) is 21.5. The van der Waals surface area contributed by atoms with Crippen molar-refractivity contribution in [1.29, 1.82) is 0 Å². The van der Waals surface area contributed by atoms with Crippen LogP contribution in [0.2, 0.25) is 0 Å². The number of carbonyl (C=O) groups is 1. The Morgan fingerprint density at radius 1 is 1.30 bits per heavy atom. The largest absolute Gasteiger partial charge is 0.447 e. The lowest BCUT2D eigenvalue weighted by molar-refractivity contribution is 0.0627. The number of piperazine rings is 1. The quantitative estimate of drug-likeness (QED) is 0.651. The van der Waals surface area contributed by atoms with Crippen molar-refractivity contribution >= 4 is 11.6 Å². The summed E-state index contributed by atoms with van der Waals surface area (Å²) in [6.45, 7) is 8.63. The molecule has 2 heterocycles. The maximum Gasteiger partial charge on any atom is 0.277 e. The van der Waals surface area contributed by atoms with Gasteiger partial charge in [-0.2, -0.15) is 0 Å². The lowest BCUT2D eigenvalue weighted by Gasteiger charge is -2.35. The molecule has 0 aliphatic carbocycles. The molecule has 1 aliphatic heterocycles. The molecule has 2 N–H and O–H groups in total. The molecule has 1 amide bonds. The van der Waals surface area contributed by atoms with Gasteiger partial charge in [-0.3, -0.25) is 14.6 Å². The first kappa shape index (κ1) is 22.4. The predicted octanol–water partition coefficient (Wildman–Crippen LogP) is 3.04. The topological polar surface area (TPSA) is 81.8 Å². The molecule has 0 saturated carbocycles. The van der Waals surface area contributed by atoms with Crippen molar-refractivity contribution in [3.8, 4) is 0 Å². The molecule has 0 spiro atoms. The number of unbranched alkanes of at least 4 members (excludes halogenated alkanes) is 1. The molecule has 1 fully saturated rings. The van der Waals surface area contributed by atoms with Gasteiger partial charge in [-0.25, -0.2) is 9.37 Å². The van der Waals surface area contributed by atoms with Gasteiger partial charge in [-0.15, -0.1) is 0 Å². The van der Waals surface area contributed by atoms with Gasteiger partial charge in [0.1, 0.15) is 12.1 Å². The van der Waals surface area contributed by atoms with Crippen LogP contribution in [0.3, 0.4) is 0 Å². The van der Waals surface area contributed by atoms with Crippen molar-refractivity contribution in [1.82, 2.24) is 14.8 Å². The van der Waals surface area contributed by atoms with Crippen molar-refractivity contribution < 1.29 is 18.7 Å². The zero-order valence-corrected chi connectivity index (χ0v) is 17.7. The van der Waals surface area contributed by atoms with E-state index in [1.807, 2.05) is 6.92 Å². The van der Waals surface area contributed by atoms with Crippen LogP contribution in [0, 0.1) is 12.7 Å². The van der Waals surface area contributed by atoms with E-state index >= 15 is 0 Å². The fraction of sp³-hybridized carbons (Fsp3) is 0.545. The van der Waals surface area contributed by atoms with Gasteiger partial charge < -0.3 is 14.8 Å². The van der Waals surface area contributed by atoms with E-state index in [4.69, 9.17) is 4.42 Å². The first-order valence-electron chi connectivity index (χ1n) is 10.6. The molecule has 7 nitrogen and oxygen atoms in total. The average Bonchev–Trinajstić information content (AvgIpc) is 3.19. The number of aliphatic hydroxyl groups excluding tert-OH is 1. The Hall–Kier alpha value is -2.29. The molecular weight excluding hydrogens is 387 g/mol. The van der Waals surface area contributed by atoms with E-state index in [0.717, 1.165) is 51.0 Å². The Morgan fingerprint density at radius 3 is 2.77 bits per heavy atom. The molecular formula is C22H31FN4O3. The highest BCUT2D eigenvalue weighted by Gasteiger charge is 2.21. The number of nitrogens with zero attached hydrogens (tertiary/aromatic N) is 3. The van der Waals surface area contributed by atoms with Crippen molar-refractivity contribution in [2.45, 2.75) is 45.8 Å². The number of hydrogen-bond donors (Lipinski definition) is 2. The Balaban J connectivity index is 1.47. The summed E-state index contributed by atoms with van der Waals surface area (Å²) in [5.74, 6) is -0.531. The molecule has 1 aromatic carbocycles. The molecule has 1 aliphatic rings. The van der Waals surface area contributed by atoms with E-state index in [0.29, 0.717) is 19.0 Å². The second-order valence-corrected chi connectivity index (χ2v) is 7.94. The number of oxazole rings is 1. The lowest BCUT2D eigenvalue weighted by atomic mass is 10.1. The molecule has 164 valence electrons. The highest BCUT2D eigenvalue weighted by atomic mass is 19.1. The Kier molecular flexibility index (Phi) is 7.95. The molecule has 0 radical (unpaired) electrons. The highest BCUT2D eigenvalue weighted by molar-refractivity contribution is 6.02. The molecule has 1 atom stereocenters. The molecule has 1 aromatic heterocycles. The van der Waals surface area contributed by atoms with Crippen molar-refractivity contribution in [3.63, 3.8) is 0 Å². The summed E-state index contributed by atoms with van der Waals surface area (Å²) in [5, 5.41) is 12.6. The van der Waals surface area contributed by atoms with Crippen molar-refractivity contribution in [3.05, 3.63) is 47.4 Å². The van der Waals surface area contributed by atoms with Crippen LogP contribution in [0.4, 0.5) is 10.1 Å². The third-order valence-electron chi connectivity index (χ3n) is 5.34. The monoisotopic (exact) mass is 418 g/mol. The van der Waals surface area contributed by atoms with E-state index < -0.39 is 11.7 Å². The summed E-state index contributed by atoms with van der Waals surface area (Å²) in [5.41, 5.74) is 1.11. The fourth-order valence-corrected chi connectivity index (χ4v) is 3.56. The number of aryl methyl sites for hydroxylation is 1. The number of carbonyl (C=O) groups excluding carboxylic acids is 1. The first-order valence-corrected chi connectivity index (χ1v) is 10.6. The van der Waals surface area contributed by atoms with Crippen LogP contribution in [-0.2, 0) is 6.54 Å². The van der Waals surface area contributed by atoms with Crippen molar-refractivity contribution in [2.24, 2.45) is 0 Å². The summed E-state index contributed by atoms with van der Waals surface area (Å²) in [4.78, 5) is 21.1. The van der Waals surface area contributed by atoms with E-state index in [1.165, 1.54) is 12.3 Å². The molecule has 1 unspecified atom stereocenters. The summed E-state index contributed by atoms with van der Waals surface area (Å²) in [6.07, 6.45) is 4.05. The number of nitrogens with one attached hydrogen (secondary N) is 1. The van der Waals surface area contributed by atoms with Gasteiger partial charge >= 0.3 is 0 Å². The summed E-state index contributed by atoms with van der Waals surface area (Å²) >= 11 is 0. The second-order valence-electron chi connectivity index (χ2n) is 7.94. The predicted molar refractivity (Wildman–Crippen MR) is 113 cm³/mol. The number of hydrogen-bond acceptors (Lipinski definition) is 6.